The SMILES string of the molecule is CC(C)(C)NC(=O)C(c1ccc(F)cc1)N(Cc1ccccc1Cl)C(=O)c1ccc2c(c1)OCCO2. The zero-order valence-electron chi connectivity index (χ0n) is 20.4. The van der Waals surface area contributed by atoms with E-state index < -0.39 is 29.2 Å². The number of carbonyl (C=O) groups excluding carboxylic acids is 2. The van der Waals surface area contributed by atoms with Gasteiger partial charge in [-0.05, 0) is 68.3 Å². The molecule has 0 saturated carbocycles. The van der Waals surface area contributed by atoms with Crippen LogP contribution in [0.1, 0.15) is 48.3 Å². The molecular formula is C28H28ClFN2O4. The van der Waals surface area contributed by atoms with Crippen molar-refractivity contribution in [1.29, 1.82) is 0 Å². The van der Waals surface area contributed by atoms with Gasteiger partial charge >= 0.3 is 0 Å². The highest BCUT2D eigenvalue weighted by molar-refractivity contribution is 6.31. The maximum atomic E-state index is 14.0. The highest BCUT2D eigenvalue weighted by atomic mass is 35.5. The quantitative estimate of drug-likeness (QED) is 0.472. The summed E-state index contributed by atoms with van der Waals surface area (Å²) in [5.41, 5.74) is 0.893. The minimum absolute atomic E-state index is 0.0482. The average Bonchev–Trinajstić information content (AvgIpc) is 2.84. The Labute approximate surface area is 215 Å². The summed E-state index contributed by atoms with van der Waals surface area (Å²) in [6.45, 7) is 6.42. The van der Waals surface area contributed by atoms with Crippen LogP contribution in [0.25, 0.3) is 0 Å². The molecule has 36 heavy (non-hydrogen) atoms. The third-order valence-corrected chi connectivity index (χ3v) is 5.96. The van der Waals surface area contributed by atoms with Crippen LogP contribution in [0.2, 0.25) is 5.02 Å². The predicted octanol–water partition coefficient (Wildman–Crippen LogP) is 5.55. The molecular weight excluding hydrogens is 483 g/mol. The summed E-state index contributed by atoms with van der Waals surface area (Å²) in [6.07, 6.45) is 0. The van der Waals surface area contributed by atoms with Crippen molar-refractivity contribution in [2.75, 3.05) is 13.2 Å². The lowest BCUT2D eigenvalue weighted by atomic mass is 9.99. The molecule has 0 bridgehead atoms. The topological polar surface area (TPSA) is 67.9 Å². The van der Waals surface area contributed by atoms with Crippen molar-refractivity contribution in [2.24, 2.45) is 0 Å². The molecule has 8 heteroatoms. The molecule has 6 nitrogen and oxygen atoms in total. The van der Waals surface area contributed by atoms with Gasteiger partial charge in [0.1, 0.15) is 25.1 Å². The van der Waals surface area contributed by atoms with Crippen LogP contribution in [0.15, 0.2) is 66.7 Å². The van der Waals surface area contributed by atoms with Crippen molar-refractivity contribution in [3.8, 4) is 11.5 Å². The number of rotatable bonds is 6. The molecule has 3 aromatic carbocycles. The van der Waals surface area contributed by atoms with Crippen LogP contribution >= 0.6 is 11.6 Å². The second kappa shape index (κ2) is 10.6. The molecule has 1 atom stereocenters. The zero-order valence-corrected chi connectivity index (χ0v) is 21.1. The second-order valence-electron chi connectivity index (χ2n) is 9.58. The Hall–Kier alpha value is -3.58. The van der Waals surface area contributed by atoms with Crippen molar-refractivity contribution in [3.05, 3.63) is 94.3 Å². The maximum Gasteiger partial charge on any atom is 0.255 e. The highest BCUT2D eigenvalue weighted by Crippen LogP contribution is 2.33. The maximum absolute atomic E-state index is 14.0. The Kier molecular flexibility index (Phi) is 7.50. The number of halogens is 2. The lowest BCUT2D eigenvalue weighted by Gasteiger charge is -2.34. The van der Waals surface area contributed by atoms with E-state index >= 15 is 0 Å². The summed E-state index contributed by atoms with van der Waals surface area (Å²) in [5.74, 6) is -0.236. The Balaban J connectivity index is 1.81. The summed E-state index contributed by atoms with van der Waals surface area (Å²) in [4.78, 5) is 29.1. The van der Waals surface area contributed by atoms with E-state index in [4.69, 9.17) is 21.1 Å². The standard InChI is InChI=1S/C28H28ClFN2O4/c1-28(2,3)31-26(33)25(18-8-11-21(30)12-9-18)32(17-20-6-4-5-7-22(20)29)27(34)19-10-13-23-24(16-19)36-15-14-35-23/h4-13,16,25H,14-15,17H2,1-3H3,(H,31,33). The van der Waals surface area contributed by atoms with Crippen molar-refractivity contribution in [1.82, 2.24) is 10.2 Å². The number of hydrogen-bond acceptors (Lipinski definition) is 4. The van der Waals surface area contributed by atoms with Gasteiger partial charge in [-0.3, -0.25) is 9.59 Å². The lowest BCUT2D eigenvalue weighted by Crippen LogP contribution is -2.49. The molecule has 4 rings (SSSR count). The smallest absolute Gasteiger partial charge is 0.255 e. The summed E-state index contributed by atoms with van der Waals surface area (Å²) in [5, 5.41) is 3.43. The largest absolute Gasteiger partial charge is 0.486 e. The van der Waals surface area contributed by atoms with E-state index in [1.165, 1.54) is 29.2 Å². The first kappa shape index (κ1) is 25.5. The molecule has 0 spiro atoms. The Morgan fingerprint density at radius 3 is 2.33 bits per heavy atom. The van der Waals surface area contributed by atoms with E-state index in [0.29, 0.717) is 46.4 Å². The number of nitrogens with zero attached hydrogens (tertiary/aromatic N) is 1. The van der Waals surface area contributed by atoms with Gasteiger partial charge in [0.05, 0.1) is 0 Å². The Morgan fingerprint density at radius 1 is 1.00 bits per heavy atom. The van der Waals surface area contributed by atoms with Crippen molar-refractivity contribution in [2.45, 2.75) is 38.9 Å². The molecule has 1 unspecified atom stereocenters. The third-order valence-electron chi connectivity index (χ3n) is 5.59. The number of ether oxygens (including phenoxy) is 2. The fourth-order valence-corrected chi connectivity index (χ4v) is 4.18. The van der Waals surface area contributed by atoms with Crippen molar-refractivity contribution < 1.29 is 23.5 Å². The van der Waals surface area contributed by atoms with Gasteiger partial charge in [0.15, 0.2) is 11.5 Å². The van der Waals surface area contributed by atoms with E-state index in [0.717, 1.165) is 0 Å². The molecule has 188 valence electrons. The Bertz CT molecular complexity index is 1260. The monoisotopic (exact) mass is 510 g/mol. The third kappa shape index (κ3) is 5.97. The highest BCUT2D eigenvalue weighted by Gasteiger charge is 2.34. The van der Waals surface area contributed by atoms with E-state index in [9.17, 15) is 14.0 Å². The molecule has 1 aliphatic rings. The molecule has 0 aliphatic carbocycles. The van der Waals surface area contributed by atoms with Gasteiger partial charge in [0.2, 0.25) is 5.91 Å². The normalized spacial score (nSPS) is 13.6. The van der Waals surface area contributed by atoms with Gasteiger partial charge in [-0.1, -0.05) is 41.9 Å². The van der Waals surface area contributed by atoms with Gasteiger partial charge < -0.3 is 19.7 Å². The summed E-state index contributed by atoms with van der Waals surface area (Å²) in [6, 6.07) is 16.6. The number of fused-ring (bicyclic) bond motifs is 1. The van der Waals surface area contributed by atoms with Crippen LogP contribution in [-0.2, 0) is 11.3 Å². The van der Waals surface area contributed by atoms with Crippen LogP contribution in [0.3, 0.4) is 0 Å². The molecule has 0 fully saturated rings. The van der Waals surface area contributed by atoms with Crippen LogP contribution < -0.4 is 14.8 Å². The van der Waals surface area contributed by atoms with Gasteiger partial charge in [-0.15, -0.1) is 0 Å². The van der Waals surface area contributed by atoms with Gasteiger partial charge in [0.25, 0.3) is 5.91 Å². The summed E-state index contributed by atoms with van der Waals surface area (Å²) < 4.78 is 25.0. The van der Waals surface area contributed by atoms with Crippen LogP contribution in [-0.4, -0.2) is 35.5 Å². The van der Waals surface area contributed by atoms with Crippen LogP contribution in [0.4, 0.5) is 4.39 Å². The second-order valence-corrected chi connectivity index (χ2v) is 9.98. The van der Waals surface area contributed by atoms with Gasteiger partial charge in [0, 0.05) is 22.7 Å². The molecule has 2 amide bonds. The minimum Gasteiger partial charge on any atom is -0.486 e. The number of benzene rings is 3. The van der Waals surface area contributed by atoms with Crippen molar-refractivity contribution in [3.63, 3.8) is 0 Å². The molecule has 0 radical (unpaired) electrons. The van der Waals surface area contributed by atoms with E-state index in [2.05, 4.69) is 5.32 Å². The van der Waals surface area contributed by atoms with E-state index in [1.54, 1.807) is 36.4 Å². The van der Waals surface area contributed by atoms with Crippen molar-refractivity contribution >= 4 is 23.4 Å². The zero-order chi connectivity index (χ0) is 25.9. The molecule has 0 saturated heterocycles. The Morgan fingerprint density at radius 2 is 1.67 bits per heavy atom. The average molecular weight is 511 g/mol. The van der Waals surface area contributed by atoms with Crippen LogP contribution in [0, 0.1) is 5.82 Å². The molecule has 1 aliphatic heterocycles. The number of carbonyl (C=O) groups is 2. The van der Waals surface area contributed by atoms with Crippen LogP contribution in [0.5, 0.6) is 11.5 Å². The molecule has 3 aromatic rings. The molecule has 1 heterocycles. The number of amides is 2. The first-order chi connectivity index (χ1) is 17.1. The number of hydrogen-bond donors (Lipinski definition) is 1. The lowest BCUT2D eigenvalue weighted by molar-refractivity contribution is -0.127. The predicted molar refractivity (Wildman–Crippen MR) is 136 cm³/mol. The van der Waals surface area contributed by atoms with Gasteiger partial charge in [-0.25, -0.2) is 4.39 Å². The van der Waals surface area contributed by atoms with Gasteiger partial charge in [-0.2, -0.15) is 0 Å². The molecule has 0 aromatic heterocycles. The fourth-order valence-electron chi connectivity index (χ4n) is 3.99. The number of nitrogens with one attached hydrogen (secondary N) is 1. The van der Waals surface area contributed by atoms with E-state index in [1.807, 2.05) is 26.8 Å². The minimum atomic E-state index is -1.05. The first-order valence-corrected chi connectivity index (χ1v) is 12.0. The molecule has 1 N–H and O–H groups in total. The summed E-state index contributed by atoms with van der Waals surface area (Å²) >= 11 is 6.45. The fraction of sp³-hybridized carbons (Fsp3) is 0.286. The summed E-state index contributed by atoms with van der Waals surface area (Å²) in [7, 11) is 0. The van der Waals surface area contributed by atoms with E-state index in [-0.39, 0.29) is 6.54 Å². The first-order valence-electron chi connectivity index (χ1n) is 11.6.